The molecule has 0 aliphatic carbocycles. The summed E-state index contributed by atoms with van der Waals surface area (Å²) in [5.41, 5.74) is -0.656. The van der Waals surface area contributed by atoms with Crippen molar-refractivity contribution < 1.29 is 27.5 Å². The highest BCUT2D eigenvalue weighted by molar-refractivity contribution is 7.99. The third kappa shape index (κ3) is 3.05. The number of carboxylic acids is 1. The lowest BCUT2D eigenvalue weighted by Gasteiger charge is -1.99. The molecule has 1 aromatic heterocycles. The molecule has 0 amide bonds. The third-order valence-electron chi connectivity index (χ3n) is 1.95. The molecule has 19 heavy (non-hydrogen) atoms. The van der Waals surface area contributed by atoms with Crippen molar-refractivity contribution in [3.8, 4) is 11.5 Å². The molecule has 1 N–H and O–H groups in total. The van der Waals surface area contributed by atoms with Gasteiger partial charge in [-0.05, 0) is 0 Å². The van der Waals surface area contributed by atoms with Gasteiger partial charge in [0.25, 0.3) is 11.1 Å². The van der Waals surface area contributed by atoms with E-state index < -0.39 is 34.9 Å². The van der Waals surface area contributed by atoms with Crippen molar-refractivity contribution in [2.75, 3.05) is 5.75 Å². The monoisotopic (exact) mass is 290 g/mol. The third-order valence-corrected chi connectivity index (χ3v) is 2.75. The van der Waals surface area contributed by atoms with Crippen LogP contribution in [-0.2, 0) is 4.79 Å². The average Bonchev–Trinajstić information content (AvgIpc) is 2.73. The molecular formula is C10H5F3N2O3S. The molecule has 0 fully saturated rings. The molecule has 2 aromatic rings. The minimum atomic E-state index is -1.18. The first-order valence-electron chi connectivity index (χ1n) is 4.80. The maximum atomic E-state index is 13.4. The van der Waals surface area contributed by atoms with E-state index in [9.17, 15) is 18.0 Å². The molecule has 0 atom stereocenters. The summed E-state index contributed by atoms with van der Waals surface area (Å²) < 4.78 is 44.4. The standard InChI is InChI=1S/C10H5F3N2O3S/c11-4-1-5(12)8(6(13)2-4)9-14-15-10(18-9)19-3-7(16)17/h1-2H,3H2,(H,16,17). The quantitative estimate of drug-likeness (QED) is 0.871. The number of hydrogen-bond donors (Lipinski definition) is 1. The number of halogens is 3. The topological polar surface area (TPSA) is 76.2 Å². The number of aromatic nitrogens is 2. The van der Waals surface area contributed by atoms with Crippen LogP contribution in [0.15, 0.2) is 21.8 Å². The lowest BCUT2D eigenvalue weighted by molar-refractivity contribution is -0.133. The van der Waals surface area contributed by atoms with E-state index in [4.69, 9.17) is 9.52 Å². The van der Waals surface area contributed by atoms with Gasteiger partial charge in [-0.25, -0.2) is 13.2 Å². The van der Waals surface area contributed by atoms with E-state index in [0.29, 0.717) is 23.9 Å². The van der Waals surface area contributed by atoms with Crippen molar-refractivity contribution in [2.24, 2.45) is 0 Å². The van der Waals surface area contributed by atoms with E-state index in [0.717, 1.165) is 0 Å². The van der Waals surface area contributed by atoms with Crippen LogP contribution in [0, 0.1) is 17.5 Å². The Labute approximate surface area is 108 Å². The fraction of sp³-hybridized carbons (Fsp3) is 0.100. The fourth-order valence-electron chi connectivity index (χ4n) is 1.24. The molecule has 9 heteroatoms. The average molecular weight is 290 g/mol. The van der Waals surface area contributed by atoms with E-state index in [1.807, 2.05) is 0 Å². The molecule has 0 saturated carbocycles. The molecule has 0 aliphatic rings. The van der Waals surface area contributed by atoms with Crippen LogP contribution in [0.3, 0.4) is 0 Å². The molecule has 1 aromatic carbocycles. The van der Waals surface area contributed by atoms with Crippen molar-refractivity contribution in [2.45, 2.75) is 5.22 Å². The summed E-state index contributed by atoms with van der Waals surface area (Å²) in [5.74, 6) is -5.37. The molecule has 0 spiro atoms. The summed E-state index contributed by atoms with van der Waals surface area (Å²) in [6, 6.07) is 0.958. The first-order valence-corrected chi connectivity index (χ1v) is 5.79. The van der Waals surface area contributed by atoms with Crippen LogP contribution < -0.4 is 0 Å². The van der Waals surface area contributed by atoms with Crippen LogP contribution in [-0.4, -0.2) is 27.0 Å². The van der Waals surface area contributed by atoms with Crippen molar-refractivity contribution in [3.63, 3.8) is 0 Å². The number of rotatable bonds is 4. The van der Waals surface area contributed by atoms with Crippen LogP contribution in [0.5, 0.6) is 0 Å². The molecular weight excluding hydrogens is 285 g/mol. The van der Waals surface area contributed by atoms with Gasteiger partial charge in [0.05, 0.1) is 0 Å². The van der Waals surface area contributed by atoms with Crippen molar-refractivity contribution in [1.82, 2.24) is 10.2 Å². The summed E-state index contributed by atoms with van der Waals surface area (Å²) in [5, 5.41) is 15.1. The lowest BCUT2D eigenvalue weighted by atomic mass is 10.2. The molecule has 0 radical (unpaired) electrons. The normalized spacial score (nSPS) is 10.7. The smallest absolute Gasteiger partial charge is 0.314 e. The van der Waals surface area contributed by atoms with Crippen LogP contribution in [0.1, 0.15) is 0 Å². The Morgan fingerprint density at radius 2 is 1.89 bits per heavy atom. The molecule has 5 nitrogen and oxygen atoms in total. The van der Waals surface area contributed by atoms with Crippen molar-refractivity contribution in [3.05, 3.63) is 29.6 Å². The van der Waals surface area contributed by atoms with Gasteiger partial charge in [-0.2, -0.15) is 0 Å². The molecule has 100 valence electrons. The first kappa shape index (κ1) is 13.4. The minimum Gasteiger partial charge on any atom is -0.481 e. The lowest BCUT2D eigenvalue weighted by Crippen LogP contribution is -1.97. The molecule has 0 aliphatic heterocycles. The van der Waals surface area contributed by atoms with E-state index in [2.05, 4.69) is 10.2 Å². The number of hydrogen-bond acceptors (Lipinski definition) is 5. The van der Waals surface area contributed by atoms with Gasteiger partial charge in [-0.3, -0.25) is 4.79 Å². The summed E-state index contributed by atoms with van der Waals surface area (Å²) in [6.45, 7) is 0. The van der Waals surface area contributed by atoms with Crippen LogP contribution in [0.4, 0.5) is 13.2 Å². The molecule has 2 rings (SSSR count). The fourth-order valence-corrected chi connectivity index (χ4v) is 1.72. The van der Waals surface area contributed by atoms with Gasteiger partial charge < -0.3 is 9.52 Å². The number of aliphatic carboxylic acids is 1. The van der Waals surface area contributed by atoms with E-state index >= 15 is 0 Å². The van der Waals surface area contributed by atoms with Crippen molar-refractivity contribution in [1.29, 1.82) is 0 Å². The number of thioether (sulfide) groups is 1. The zero-order valence-electron chi connectivity index (χ0n) is 9.06. The number of carbonyl (C=O) groups is 1. The Balaban J connectivity index is 2.30. The number of nitrogens with zero attached hydrogens (tertiary/aromatic N) is 2. The van der Waals surface area contributed by atoms with Gasteiger partial charge in [-0.15, -0.1) is 10.2 Å². The highest BCUT2D eigenvalue weighted by Crippen LogP contribution is 2.28. The van der Waals surface area contributed by atoms with Crippen LogP contribution >= 0.6 is 11.8 Å². The van der Waals surface area contributed by atoms with E-state index in [1.54, 1.807) is 0 Å². The highest BCUT2D eigenvalue weighted by atomic mass is 32.2. The maximum absolute atomic E-state index is 13.4. The Morgan fingerprint density at radius 3 is 2.47 bits per heavy atom. The highest BCUT2D eigenvalue weighted by Gasteiger charge is 2.19. The molecule has 0 saturated heterocycles. The predicted molar refractivity (Wildman–Crippen MR) is 58.0 cm³/mol. The number of carboxylic acid groups (broad SMARTS) is 1. The first-order chi connectivity index (χ1) is 8.97. The molecule has 0 bridgehead atoms. The SMILES string of the molecule is O=C(O)CSc1nnc(-c2c(F)cc(F)cc2F)o1. The Morgan fingerprint density at radius 1 is 1.26 bits per heavy atom. The predicted octanol–water partition coefficient (Wildman–Crippen LogP) is 2.33. The van der Waals surface area contributed by atoms with Crippen LogP contribution in [0.2, 0.25) is 0 Å². The van der Waals surface area contributed by atoms with E-state index in [-0.39, 0.29) is 11.0 Å². The van der Waals surface area contributed by atoms with Gasteiger partial charge in [0.1, 0.15) is 28.8 Å². The van der Waals surface area contributed by atoms with Gasteiger partial charge in [-0.1, -0.05) is 11.8 Å². The Hall–Kier alpha value is -2.03. The zero-order chi connectivity index (χ0) is 14.0. The van der Waals surface area contributed by atoms with Crippen molar-refractivity contribution >= 4 is 17.7 Å². The van der Waals surface area contributed by atoms with Gasteiger partial charge in [0.15, 0.2) is 0 Å². The summed E-state index contributed by atoms with van der Waals surface area (Å²) >= 11 is 0.700. The second-order valence-corrected chi connectivity index (χ2v) is 4.23. The van der Waals surface area contributed by atoms with Gasteiger partial charge in [0.2, 0.25) is 0 Å². The number of benzene rings is 1. The minimum absolute atomic E-state index is 0.152. The van der Waals surface area contributed by atoms with Gasteiger partial charge >= 0.3 is 5.97 Å². The van der Waals surface area contributed by atoms with Gasteiger partial charge in [0, 0.05) is 12.1 Å². The second-order valence-electron chi connectivity index (χ2n) is 3.30. The summed E-state index contributed by atoms with van der Waals surface area (Å²) in [6.07, 6.45) is 0. The molecule has 1 heterocycles. The zero-order valence-corrected chi connectivity index (χ0v) is 9.88. The van der Waals surface area contributed by atoms with E-state index in [1.165, 1.54) is 0 Å². The summed E-state index contributed by atoms with van der Waals surface area (Å²) in [7, 11) is 0. The van der Waals surface area contributed by atoms with Crippen LogP contribution in [0.25, 0.3) is 11.5 Å². The Bertz CT molecular complexity index is 609. The maximum Gasteiger partial charge on any atom is 0.314 e. The Kier molecular flexibility index (Phi) is 3.74. The molecule has 0 unspecified atom stereocenters. The summed E-state index contributed by atoms with van der Waals surface area (Å²) in [4.78, 5) is 10.3. The second kappa shape index (κ2) is 5.31. The largest absolute Gasteiger partial charge is 0.481 e.